The molecule has 164 valence electrons. The highest BCUT2D eigenvalue weighted by molar-refractivity contribution is 7.93. The molecule has 0 aliphatic rings. The third kappa shape index (κ3) is 5.74. The number of ether oxygens (including phenoxy) is 1. The van der Waals surface area contributed by atoms with Crippen molar-refractivity contribution in [2.24, 2.45) is 4.36 Å². The maximum atomic E-state index is 13.0. The van der Waals surface area contributed by atoms with Crippen molar-refractivity contribution in [3.63, 3.8) is 0 Å². The van der Waals surface area contributed by atoms with E-state index in [2.05, 4.69) is 21.2 Å². The minimum Gasteiger partial charge on any atom is -0.497 e. The van der Waals surface area contributed by atoms with Crippen molar-refractivity contribution >= 4 is 15.6 Å². The summed E-state index contributed by atoms with van der Waals surface area (Å²) in [5, 5.41) is 0. The molecule has 5 nitrogen and oxygen atoms in total. The summed E-state index contributed by atoms with van der Waals surface area (Å²) in [6.45, 7) is 0. The molecule has 3 aromatic rings. The van der Waals surface area contributed by atoms with Gasteiger partial charge in [-0.15, -0.1) is 0 Å². The number of benzene rings is 2. The van der Waals surface area contributed by atoms with Crippen LogP contribution < -0.4 is 4.74 Å². The Bertz CT molecular complexity index is 1330. The highest BCUT2D eigenvalue weighted by Crippen LogP contribution is 2.29. The van der Waals surface area contributed by atoms with Gasteiger partial charge >= 0.3 is 6.18 Å². The van der Waals surface area contributed by atoms with Gasteiger partial charge < -0.3 is 4.74 Å². The molecule has 0 saturated heterocycles. The SMILES string of the molecule is COc1cccc(S(C)(=O)=NC(=O)c2cncc(C#Cc3ccc(C(F)(F)F)cc3)c2)c1. The lowest BCUT2D eigenvalue weighted by molar-refractivity contribution is -0.137. The molecular formula is C23H17F3N2O3S. The molecule has 1 amide bonds. The average Bonchev–Trinajstić information content (AvgIpc) is 2.77. The maximum Gasteiger partial charge on any atom is 0.416 e. The first-order chi connectivity index (χ1) is 15.1. The number of rotatable bonds is 3. The highest BCUT2D eigenvalue weighted by atomic mass is 32.2. The summed E-state index contributed by atoms with van der Waals surface area (Å²) in [6, 6.07) is 12.3. The van der Waals surface area contributed by atoms with E-state index in [4.69, 9.17) is 4.74 Å². The molecule has 1 aromatic heterocycles. The second kappa shape index (κ2) is 9.24. The molecule has 0 N–H and O–H groups in total. The average molecular weight is 458 g/mol. The Morgan fingerprint density at radius 2 is 1.72 bits per heavy atom. The van der Waals surface area contributed by atoms with Crippen molar-refractivity contribution in [3.8, 4) is 17.6 Å². The predicted molar refractivity (Wildman–Crippen MR) is 114 cm³/mol. The van der Waals surface area contributed by atoms with Gasteiger partial charge in [-0.1, -0.05) is 17.9 Å². The Hall–Kier alpha value is -3.64. The Morgan fingerprint density at radius 1 is 1.03 bits per heavy atom. The maximum absolute atomic E-state index is 13.0. The summed E-state index contributed by atoms with van der Waals surface area (Å²) >= 11 is 0. The molecule has 0 aliphatic heterocycles. The van der Waals surface area contributed by atoms with Gasteiger partial charge in [-0.05, 0) is 48.5 Å². The van der Waals surface area contributed by atoms with Crippen LogP contribution in [-0.2, 0) is 15.9 Å². The van der Waals surface area contributed by atoms with Gasteiger partial charge in [0, 0.05) is 29.8 Å². The lowest BCUT2D eigenvalue weighted by Crippen LogP contribution is -2.05. The fourth-order valence-electron chi connectivity index (χ4n) is 2.61. The fraction of sp³-hybridized carbons (Fsp3) is 0.130. The van der Waals surface area contributed by atoms with Crippen LogP contribution in [0.5, 0.6) is 5.75 Å². The smallest absolute Gasteiger partial charge is 0.416 e. The molecule has 9 heteroatoms. The summed E-state index contributed by atoms with van der Waals surface area (Å²) in [4.78, 5) is 16.9. The number of aromatic nitrogens is 1. The van der Waals surface area contributed by atoms with Crippen molar-refractivity contribution in [2.45, 2.75) is 11.1 Å². The zero-order chi connectivity index (χ0) is 23.4. The van der Waals surface area contributed by atoms with Crippen LogP contribution in [0.1, 0.15) is 27.0 Å². The molecule has 3 rings (SSSR count). The summed E-state index contributed by atoms with van der Waals surface area (Å²) in [5.41, 5.74) is 0.0451. The molecule has 0 fully saturated rings. The Morgan fingerprint density at radius 3 is 2.38 bits per heavy atom. The third-order valence-corrected chi connectivity index (χ3v) is 5.93. The first kappa shape index (κ1) is 23.0. The van der Waals surface area contributed by atoms with E-state index in [1.807, 2.05) is 0 Å². The van der Waals surface area contributed by atoms with Crippen molar-refractivity contribution in [1.82, 2.24) is 4.98 Å². The van der Waals surface area contributed by atoms with Gasteiger partial charge in [-0.25, -0.2) is 4.21 Å². The van der Waals surface area contributed by atoms with Crippen molar-refractivity contribution < 1.29 is 26.9 Å². The van der Waals surface area contributed by atoms with Crippen LogP contribution in [0.25, 0.3) is 0 Å². The largest absolute Gasteiger partial charge is 0.497 e. The summed E-state index contributed by atoms with van der Waals surface area (Å²) in [5.74, 6) is 5.23. The molecule has 1 unspecified atom stereocenters. The van der Waals surface area contributed by atoms with Crippen LogP contribution in [0.2, 0.25) is 0 Å². The van der Waals surface area contributed by atoms with Crippen LogP contribution in [0.3, 0.4) is 0 Å². The topological polar surface area (TPSA) is 68.6 Å². The van der Waals surface area contributed by atoms with E-state index in [1.165, 1.54) is 44.0 Å². The third-order valence-electron chi connectivity index (χ3n) is 4.28. The molecule has 1 heterocycles. The van der Waals surface area contributed by atoms with E-state index >= 15 is 0 Å². The van der Waals surface area contributed by atoms with Crippen LogP contribution in [0, 0.1) is 11.8 Å². The van der Waals surface area contributed by atoms with Gasteiger partial charge in [0.25, 0.3) is 5.91 Å². The van der Waals surface area contributed by atoms with E-state index in [0.29, 0.717) is 21.8 Å². The number of hydrogen-bond acceptors (Lipinski definition) is 4. The summed E-state index contributed by atoms with van der Waals surface area (Å²) in [7, 11) is -1.56. The molecule has 32 heavy (non-hydrogen) atoms. The normalized spacial score (nSPS) is 12.8. The van der Waals surface area contributed by atoms with Crippen molar-refractivity contribution in [2.75, 3.05) is 13.4 Å². The van der Waals surface area contributed by atoms with Gasteiger partial charge in [0.1, 0.15) is 5.75 Å². The first-order valence-corrected chi connectivity index (χ1v) is 11.1. The van der Waals surface area contributed by atoms with Gasteiger partial charge in [0.05, 0.1) is 32.9 Å². The number of alkyl halides is 3. The highest BCUT2D eigenvalue weighted by Gasteiger charge is 2.29. The molecule has 0 radical (unpaired) electrons. The van der Waals surface area contributed by atoms with E-state index < -0.39 is 27.4 Å². The molecule has 0 aliphatic carbocycles. The Balaban J connectivity index is 1.85. The zero-order valence-corrected chi connectivity index (χ0v) is 17.8. The summed E-state index contributed by atoms with van der Waals surface area (Å²) in [6.07, 6.45) is -0.395. The zero-order valence-electron chi connectivity index (χ0n) is 17.0. The summed E-state index contributed by atoms with van der Waals surface area (Å²) < 4.78 is 59.9. The molecule has 2 aromatic carbocycles. The number of hydrogen-bond donors (Lipinski definition) is 0. The number of nitrogens with zero attached hydrogens (tertiary/aromatic N) is 2. The van der Waals surface area contributed by atoms with Crippen molar-refractivity contribution in [3.05, 3.63) is 89.2 Å². The minimum atomic E-state index is -4.42. The Kier molecular flexibility index (Phi) is 6.65. The number of carbonyl (C=O) groups is 1. The van der Waals surface area contributed by atoms with E-state index in [0.717, 1.165) is 12.1 Å². The Labute approximate surface area is 183 Å². The van der Waals surface area contributed by atoms with Crippen LogP contribution in [0.15, 0.2) is 76.2 Å². The van der Waals surface area contributed by atoms with Gasteiger partial charge in [0.2, 0.25) is 0 Å². The number of carbonyl (C=O) groups excluding carboxylic acids is 1. The predicted octanol–water partition coefficient (Wildman–Crippen LogP) is 4.81. The molecule has 0 saturated carbocycles. The van der Waals surface area contributed by atoms with Crippen LogP contribution >= 0.6 is 0 Å². The number of halogens is 3. The second-order valence-electron chi connectivity index (χ2n) is 6.67. The van der Waals surface area contributed by atoms with Crippen LogP contribution in [0.4, 0.5) is 13.2 Å². The number of amides is 1. The lowest BCUT2D eigenvalue weighted by Gasteiger charge is -2.06. The number of methoxy groups -OCH3 is 1. The van der Waals surface area contributed by atoms with Gasteiger partial charge in [0.15, 0.2) is 0 Å². The molecule has 0 spiro atoms. The molecule has 0 bridgehead atoms. The van der Waals surface area contributed by atoms with Crippen LogP contribution in [-0.4, -0.2) is 28.5 Å². The van der Waals surface area contributed by atoms with Crippen molar-refractivity contribution in [1.29, 1.82) is 0 Å². The van der Waals surface area contributed by atoms with Gasteiger partial charge in [-0.2, -0.15) is 17.5 Å². The minimum absolute atomic E-state index is 0.0849. The monoisotopic (exact) mass is 458 g/mol. The number of pyridine rings is 1. The van der Waals surface area contributed by atoms with E-state index in [1.54, 1.807) is 24.3 Å². The second-order valence-corrected chi connectivity index (χ2v) is 8.92. The molecular weight excluding hydrogens is 441 g/mol. The van der Waals surface area contributed by atoms with E-state index in [9.17, 15) is 22.2 Å². The molecule has 1 atom stereocenters. The fourth-order valence-corrected chi connectivity index (χ4v) is 3.81. The lowest BCUT2D eigenvalue weighted by atomic mass is 10.1. The first-order valence-electron chi connectivity index (χ1n) is 9.13. The standard InChI is InChI=1S/C23H17F3N2O3S/c1-31-20-4-3-5-21(13-20)32(2,30)28-22(29)18-12-17(14-27-15-18)7-6-16-8-10-19(11-9-16)23(24,25)26/h3-5,8-15H,1-2H3. The quantitative estimate of drug-likeness (QED) is 0.529. The van der Waals surface area contributed by atoms with E-state index in [-0.39, 0.29) is 5.56 Å². The van der Waals surface area contributed by atoms with Gasteiger partial charge in [-0.3, -0.25) is 9.78 Å².